The predicted molar refractivity (Wildman–Crippen MR) is 99.3 cm³/mol. The van der Waals surface area contributed by atoms with Crippen LogP contribution in [0.25, 0.3) is 10.9 Å². The van der Waals surface area contributed by atoms with Crippen LogP contribution in [-0.2, 0) is 11.3 Å². The molecule has 1 amide bonds. The van der Waals surface area contributed by atoms with Crippen LogP contribution < -0.4 is 10.1 Å². The molecule has 2 heterocycles. The Kier molecular flexibility index (Phi) is 5.76. The fourth-order valence-electron chi connectivity index (χ4n) is 2.62. The molecule has 0 aliphatic heterocycles. The van der Waals surface area contributed by atoms with Crippen LogP contribution in [0.2, 0.25) is 0 Å². The zero-order chi connectivity index (χ0) is 18.4. The Morgan fingerprint density at radius 3 is 2.85 bits per heavy atom. The topological polar surface area (TPSA) is 73.3 Å². The summed E-state index contributed by atoms with van der Waals surface area (Å²) in [4.78, 5) is 21.3. The lowest BCUT2D eigenvalue weighted by Crippen LogP contribution is -2.24. The normalized spacial score (nSPS) is 10.7. The summed E-state index contributed by atoms with van der Waals surface area (Å²) in [5.74, 6) is 0.325. The molecule has 6 heteroatoms. The van der Waals surface area contributed by atoms with E-state index in [-0.39, 0.29) is 5.91 Å². The van der Waals surface area contributed by atoms with Gasteiger partial charge >= 0.3 is 0 Å². The smallest absolute Gasteiger partial charge is 0.253 e. The predicted octanol–water partition coefficient (Wildman–Crippen LogP) is 2.89. The van der Waals surface area contributed by atoms with Crippen molar-refractivity contribution in [1.29, 1.82) is 0 Å². The van der Waals surface area contributed by atoms with Gasteiger partial charge in [0.25, 0.3) is 5.91 Å². The Hall–Kier alpha value is -2.99. The van der Waals surface area contributed by atoms with Crippen molar-refractivity contribution < 1.29 is 14.3 Å². The van der Waals surface area contributed by atoms with Crippen molar-refractivity contribution in [1.82, 2.24) is 15.3 Å². The minimum absolute atomic E-state index is 0.174. The molecule has 0 aliphatic carbocycles. The number of methoxy groups -OCH3 is 1. The van der Waals surface area contributed by atoms with Gasteiger partial charge < -0.3 is 14.8 Å². The van der Waals surface area contributed by atoms with Crippen LogP contribution in [0.3, 0.4) is 0 Å². The minimum Gasteiger partial charge on any atom is -0.475 e. The Morgan fingerprint density at radius 2 is 2.00 bits per heavy atom. The first-order valence-corrected chi connectivity index (χ1v) is 8.39. The van der Waals surface area contributed by atoms with Crippen LogP contribution in [0.15, 0.2) is 48.7 Å². The summed E-state index contributed by atoms with van der Waals surface area (Å²) in [6.07, 6.45) is 1.66. The Morgan fingerprint density at radius 1 is 1.15 bits per heavy atom. The van der Waals surface area contributed by atoms with Gasteiger partial charge in [0.15, 0.2) is 0 Å². The van der Waals surface area contributed by atoms with Crippen molar-refractivity contribution in [3.8, 4) is 5.88 Å². The van der Waals surface area contributed by atoms with E-state index in [4.69, 9.17) is 9.47 Å². The van der Waals surface area contributed by atoms with Gasteiger partial charge in [-0.3, -0.25) is 9.78 Å². The monoisotopic (exact) mass is 351 g/mol. The van der Waals surface area contributed by atoms with Crippen molar-refractivity contribution in [2.45, 2.75) is 13.5 Å². The molecule has 0 spiro atoms. The highest BCUT2D eigenvalue weighted by Gasteiger charge is 2.13. The molecule has 0 bridgehead atoms. The van der Waals surface area contributed by atoms with Crippen LogP contribution >= 0.6 is 0 Å². The molecule has 0 saturated heterocycles. The van der Waals surface area contributed by atoms with Crippen LogP contribution in [0.4, 0.5) is 0 Å². The lowest BCUT2D eigenvalue weighted by Gasteiger charge is -2.12. The van der Waals surface area contributed by atoms with Gasteiger partial charge in [-0.05, 0) is 25.1 Å². The molecule has 3 aromatic rings. The lowest BCUT2D eigenvalue weighted by atomic mass is 10.1. The molecule has 1 N–H and O–H groups in total. The second-order valence-corrected chi connectivity index (χ2v) is 5.81. The SMILES string of the molecule is COCCOc1ncccc1CNC(=O)c1cc2ccccc2nc1C. The summed E-state index contributed by atoms with van der Waals surface area (Å²) in [6, 6.07) is 13.3. The summed E-state index contributed by atoms with van der Waals surface area (Å²) in [6.45, 7) is 3.04. The molecule has 26 heavy (non-hydrogen) atoms. The van der Waals surface area contributed by atoms with Crippen LogP contribution in [0.5, 0.6) is 5.88 Å². The number of ether oxygens (including phenoxy) is 2. The number of rotatable bonds is 7. The van der Waals surface area contributed by atoms with Crippen LogP contribution in [0.1, 0.15) is 21.6 Å². The zero-order valence-electron chi connectivity index (χ0n) is 14.9. The van der Waals surface area contributed by atoms with Crippen molar-refractivity contribution in [2.75, 3.05) is 20.3 Å². The largest absolute Gasteiger partial charge is 0.475 e. The molecule has 0 aliphatic rings. The summed E-state index contributed by atoms with van der Waals surface area (Å²) in [5.41, 5.74) is 2.95. The molecule has 3 rings (SSSR count). The second kappa shape index (κ2) is 8.40. The van der Waals surface area contributed by atoms with E-state index in [9.17, 15) is 4.79 Å². The standard InChI is InChI=1S/C20H21N3O3/c1-14-17(12-15-6-3-4-8-18(15)23-14)19(24)22-13-16-7-5-9-21-20(16)26-11-10-25-2/h3-9,12H,10-11,13H2,1-2H3,(H,22,24). The lowest BCUT2D eigenvalue weighted by molar-refractivity contribution is 0.0949. The molecule has 0 saturated carbocycles. The fraction of sp³-hybridized carbons (Fsp3) is 0.250. The van der Waals surface area contributed by atoms with E-state index in [0.717, 1.165) is 16.5 Å². The van der Waals surface area contributed by atoms with E-state index in [2.05, 4.69) is 15.3 Å². The van der Waals surface area contributed by atoms with E-state index in [1.165, 1.54) is 0 Å². The van der Waals surface area contributed by atoms with Gasteiger partial charge in [0.1, 0.15) is 6.61 Å². The number of aryl methyl sites for hydroxylation is 1. The first kappa shape index (κ1) is 17.8. The Bertz CT molecular complexity index is 912. The van der Waals surface area contributed by atoms with Gasteiger partial charge in [-0.1, -0.05) is 24.3 Å². The van der Waals surface area contributed by atoms with Gasteiger partial charge in [-0.15, -0.1) is 0 Å². The number of carbonyl (C=O) groups excluding carboxylic acids is 1. The Labute approximate surface area is 152 Å². The van der Waals surface area contributed by atoms with E-state index in [0.29, 0.717) is 36.9 Å². The van der Waals surface area contributed by atoms with E-state index >= 15 is 0 Å². The molecule has 6 nitrogen and oxygen atoms in total. The summed E-state index contributed by atoms with van der Waals surface area (Å²) >= 11 is 0. The summed E-state index contributed by atoms with van der Waals surface area (Å²) in [7, 11) is 1.61. The van der Waals surface area contributed by atoms with Crippen LogP contribution in [0, 0.1) is 6.92 Å². The molecule has 0 unspecified atom stereocenters. The number of aromatic nitrogens is 2. The maximum absolute atomic E-state index is 12.6. The van der Waals surface area contributed by atoms with Crippen molar-refractivity contribution in [3.63, 3.8) is 0 Å². The highest BCUT2D eigenvalue weighted by Crippen LogP contribution is 2.17. The van der Waals surface area contributed by atoms with Gasteiger partial charge in [-0.25, -0.2) is 4.98 Å². The number of hydrogen-bond donors (Lipinski definition) is 1. The minimum atomic E-state index is -0.174. The first-order valence-electron chi connectivity index (χ1n) is 8.39. The fourth-order valence-corrected chi connectivity index (χ4v) is 2.62. The zero-order valence-corrected chi connectivity index (χ0v) is 14.9. The number of amides is 1. The average molecular weight is 351 g/mol. The molecule has 0 atom stereocenters. The van der Waals surface area contributed by atoms with Crippen molar-refractivity contribution in [2.24, 2.45) is 0 Å². The average Bonchev–Trinajstić information content (AvgIpc) is 2.66. The van der Waals surface area contributed by atoms with E-state index in [1.807, 2.05) is 49.4 Å². The third-order valence-corrected chi connectivity index (χ3v) is 3.97. The number of carbonyl (C=O) groups is 1. The molecule has 0 radical (unpaired) electrons. The van der Waals surface area contributed by atoms with Gasteiger partial charge in [0.05, 0.1) is 23.4 Å². The second-order valence-electron chi connectivity index (χ2n) is 5.81. The molecular weight excluding hydrogens is 330 g/mol. The van der Waals surface area contributed by atoms with Crippen LogP contribution in [-0.4, -0.2) is 36.2 Å². The van der Waals surface area contributed by atoms with Gasteiger partial charge in [0.2, 0.25) is 5.88 Å². The summed E-state index contributed by atoms with van der Waals surface area (Å²) in [5, 5.41) is 3.86. The molecule has 0 fully saturated rings. The third kappa shape index (κ3) is 4.15. The quantitative estimate of drug-likeness (QED) is 0.663. The number of para-hydroxylation sites is 1. The number of fused-ring (bicyclic) bond motifs is 1. The number of hydrogen-bond acceptors (Lipinski definition) is 5. The summed E-state index contributed by atoms with van der Waals surface area (Å²) < 4.78 is 10.6. The highest BCUT2D eigenvalue weighted by atomic mass is 16.5. The van der Waals surface area contributed by atoms with Crippen molar-refractivity contribution in [3.05, 3.63) is 65.5 Å². The number of nitrogens with one attached hydrogen (secondary N) is 1. The molecule has 2 aromatic heterocycles. The number of benzene rings is 1. The molecule has 134 valence electrons. The first-order chi connectivity index (χ1) is 12.7. The molecular formula is C20H21N3O3. The Balaban J connectivity index is 1.72. The number of nitrogens with zero attached hydrogens (tertiary/aromatic N) is 2. The van der Waals surface area contributed by atoms with E-state index in [1.54, 1.807) is 13.3 Å². The van der Waals surface area contributed by atoms with Gasteiger partial charge in [-0.2, -0.15) is 0 Å². The molecule has 1 aromatic carbocycles. The third-order valence-electron chi connectivity index (χ3n) is 3.97. The van der Waals surface area contributed by atoms with E-state index < -0.39 is 0 Å². The number of pyridine rings is 2. The van der Waals surface area contributed by atoms with Crippen molar-refractivity contribution >= 4 is 16.8 Å². The maximum Gasteiger partial charge on any atom is 0.253 e. The highest BCUT2D eigenvalue weighted by molar-refractivity contribution is 5.98. The van der Waals surface area contributed by atoms with Gasteiger partial charge in [0, 0.05) is 30.8 Å². The maximum atomic E-state index is 12.6.